The molecule has 8 heterocycles. The van der Waals surface area contributed by atoms with Crippen molar-refractivity contribution in [3.05, 3.63) is 72.3 Å². The summed E-state index contributed by atoms with van der Waals surface area (Å²) >= 11 is 0. The van der Waals surface area contributed by atoms with Crippen molar-refractivity contribution in [3.8, 4) is 23.0 Å². The Labute approximate surface area is 395 Å². The van der Waals surface area contributed by atoms with Gasteiger partial charge in [-0.1, -0.05) is 25.1 Å². The highest BCUT2D eigenvalue weighted by molar-refractivity contribution is 6.02. The van der Waals surface area contributed by atoms with Crippen molar-refractivity contribution in [2.45, 2.75) is 82.8 Å². The average Bonchev–Trinajstić information content (AvgIpc) is 3.85. The van der Waals surface area contributed by atoms with Gasteiger partial charge in [-0.25, -0.2) is 4.39 Å². The average molecular weight is 922 g/mol. The zero-order valence-corrected chi connectivity index (χ0v) is 38.8. The van der Waals surface area contributed by atoms with Gasteiger partial charge in [-0.05, 0) is 117 Å². The first-order valence-electron chi connectivity index (χ1n) is 24.9. The topological polar surface area (TPSA) is 157 Å². The van der Waals surface area contributed by atoms with Crippen LogP contribution in [-0.4, -0.2) is 136 Å². The number of hydrogen-bond acceptors (Lipinski definition) is 13. The molecule has 5 saturated heterocycles. The van der Waals surface area contributed by atoms with Crippen LogP contribution in [0.4, 0.5) is 15.9 Å². The Balaban J connectivity index is 0.686. The number of likely N-dealkylation sites (tertiary alicyclic amines) is 1. The zero-order chi connectivity index (χ0) is 46.1. The van der Waals surface area contributed by atoms with Crippen LogP contribution in [0.2, 0.25) is 0 Å². The van der Waals surface area contributed by atoms with E-state index in [0.717, 1.165) is 125 Å². The number of piperidine rings is 2. The van der Waals surface area contributed by atoms with Gasteiger partial charge in [0.25, 0.3) is 5.91 Å². The zero-order valence-electron chi connectivity index (χ0n) is 38.8. The molecule has 1 saturated carbocycles. The maximum atomic E-state index is 17.2. The third kappa shape index (κ3) is 8.27. The van der Waals surface area contributed by atoms with E-state index in [2.05, 4.69) is 60.5 Å². The lowest BCUT2D eigenvalue weighted by atomic mass is 9.94. The van der Waals surface area contributed by atoms with Crippen molar-refractivity contribution < 1.29 is 23.8 Å². The summed E-state index contributed by atoms with van der Waals surface area (Å²) < 4.78 is 25.5. The lowest BCUT2D eigenvalue weighted by molar-refractivity contribution is -0.135. The molecule has 68 heavy (non-hydrogen) atoms. The Kier molecular flexibility index (Phi) is 11.2. The molecular formula is C52H60FN11O4. The summed E-state index contributed by atoms with van der Waals surface area (Å²) in [7, 11) is 0. The minimum absolute atomic E-state index is 0.0292. The van der Waals surface area contributed by atoms with Crippen LogP contribution in [0.5, 0.6) is 11.8 Å². The van der Waals surface area contributed by atoms with Crippen LogP contribution in [-0.2, 0) is 16.0 Å². The van der Waals surface area contributed by atoms with E-state index in [1.54, 1.807) is 23.0 Å². The van der Waals surface area contributed by atoms with E-state index in [0.29, 0.717) is 54.2 Å². The number of halogens is 1. The second kappa shape index (κ2) is 17.5. The van der Waals surface area contributed by atoms with Crippen LogP contribution in [0.15, 0.2) is 60.9 Å². The molecule has 0 radical (unpaired) electrons. The Bertz CT molecular complexity index is 2910. The summed E-state index contributed by atoms with van der Waals surface area (Å²) in [5, 5.41) is 24.8. The summed E-state index contributed by atoms with van der Waals surface area (Å²) in [6.07, 6.45) is 11.8. The Morgan fingerprint density at radius 1 is 0.868 bits per heavy atom. The summed E-state index contributed by atoms with van der Waals surface area (Å²) in [5.41, 5.74) is 4.08. The number of hydrogen-bond donors (Lipinski definition) is 3. The fourth-order valence-electron chi connectivity index (χ4n) is 12.0. The number of phenolic OH excluding ortho intramolecular Hbond substituents is 1. The first-order chi connectivity index (χ1) is 33.2. The van der Waals surface area contributed by atoms with Crippen molar-refractivity contribution in [2.75, 3.05) is 81.9 Å². The molecule has 6 aromatic rings. The number of imide groups is 1. The van der Waals surface area contributed by atoms with Gasteiger partial charge in [-0.2, -0.15) is 15.1 Å². The van der Waals surface area contributed by atoms with E-state index in [1.165, 1.54) is 18.5 Å². The molecule has 16 heteroatoms. The molecule has 3 unspecified atom stereocenters. The molecule has 5 aliphatic heterocycles. The molecule has 3 atom stereocenters. The normalized spacial score (nSPS) is 23.5. The molecule has 3 N–H and O–H groups in total. The molecular weight excluding hydrogens is 862 g/mol. The van der Waals surface area contributed by atoms with Gasteiger partial charge in [0.15, 0.2) is 5.82 Å². The largest absolute Gasteiger partial charge is 0.508 e. The molecule has 0 spiro atoms. The first-order valence-corrected chi connectivity index (χ1v) is 24.9. The first kappa shape index (κ1) is 43.3. The smallest absolute Gasteiger partial charge is 0.319 e. The third-order valence-corrected chi connectivity index (χ3v) is 15.9. The summed E-state index contributed by atoms with van der Waals surface area (Å²) in [4.78, 5) is 48.8. The summed E-state index contributed by atoms with van der Waals surface area (Å²) in [6.45, 7) is 12.3. The number of pyridine rings is 1. The number of aryl methyl sites for hydroxylation is 1. The molecule has 3 aromatic heterocycles. The lowest BCUT2D eigenvalue weighted by Gasteiger charge is -2.40. The van der Waals surface area contributed by atoms with Crippen LogP contribution in [0.25, 0.3) is 43.8 Å². The number of nitrogens with zero attached hydrogens (tertiary/aromatic N) is 9. The molecule has 2 bridgehead atoms. The van der Waals surface area contributed by atoms with Crippen molar-refractivity contribution in [2.24, 2.45) is 11.3 Å². The Morgan fingerprint density at radius 3 is 2.44 bits per heavy atom. The number of ether oxygens (including phenoxy) is 1. The number of aromatic nitrogens is 5. The van der Waals surface area contributed by atoms with Gasteiger partial charge < -0.3 is 29.9 Å². The SMILES string of the molecule is CCc1cccc2cc(O)cc(-c3ncc4c(N5CC6CCC(C5)N6)nc(OCC5(CN6CCC(CN7CCN(c8ccc9c(cnn9C9CCC(=O)NC9=O)c8)CC7)CC6)CC5)nc4c3F)c12. The van der Waals surface area contributed by atoms with E-state index >= 15 is 4.39 Å². The predicted octanol–water partition coefficient (Wildman–Crippen LogP) is 6.21. The predicted molar refractivity (Wildman–Crippen MR) is 260 cm³/mol. The van der Waals surface area contributed by atoms with Crippen molar-refractivity contribution in [1.82, 2.24) is 45.2 Å². The Morgan fingerprint density at radius 2 is 1.68 bits per heavy atom. The van der Waals surface area contributed by atoms with Gasteiger partial charge in [-0.15, -0.1) is 0 Å². The van der Waals surface area contributed by atoms with Crippen LogP contribution in [0.1, 0.15) is 69.9 Å². The Hall–Kier alpha value is -5.97. The number of carbonyl (C=O) groups excluding carboxylic acids is 2. The van der Waals surface area contributed by atoms with E-state index in [1.807, 2.05) is 24.4 Å². The second-order valence-electron chi connectivity index (χ2n) is 20.5. The van der Waals surface area contributed by atoms with Gasteiger partial charge in [0.05, 0.1) is 23.7 Å². The number of rotatable bonds is 12. The highest BCUT2D eigenvalue weighted by atomic mass is 19.1. The van der Waals surface area contributed by atoms with Crippen LogP contribution < -0.4 is 25.2 Å². The van der Waals surface area contributed by atoms with Crippen LogP contribution in [0, 0.1) is 17.2 Å². The molecule has 354 valence electrons. The maximum absolute atomic E-state index is 17.2. The van der Waals surface area contributed by atoms with Gasteiger partial charge >= 0.3 is 6.01 Å². The molecule has 6 aliphatic rings. The highest BCUT2D eigenvalue weighted by Crippen LogP contribution is 2.47. The molecule has 12 rings (SSSR count). The van der Waals surface area contributed by atoms with E-state index in [-0.39, 0.29) is 40.2 Å². The fraction of sp³-hybridized carbons (Fsp3) is 0.500. The van der Waals surface area contributed by atoms with Crippen LogP contribution >= 0.6 is 0 Å². The van der Waals surface area contributed by atoms with Crippen molar-refractivity contribution in [1.29, 1.82) is 0 Å². The lowest BCUT2D eigenvalue weighted by Crippen LogP contribution is -2.51. The van der Waals surface area contributed by atoms with Crippen LogP contribution in [0.3, 0.4) is 0 Å². The molecule has 2 amide bonds. The fourth-order valence-corrected chi connectivity index (χ4v) is 12.0. The van der Waals surface area contributed by atoms with Gasteiger partial charge in [0.2, 0.25) is 5.91 Å². The highest BCUT2D eigenvalue weighted by Gasteiger charge is 2.46. The quantitative estimate of drug-likeness (QED) is 0.119. The molecule has 1 aliphatic carbocycles. The summed E-state index contributed by atoms with van der Waals surface area (Å²) in [5.74, 6) is 0.364. The van der Waals surface area contributed by atoms with Gasteiger partial charge in [0.1, 0.15) is 28.8 Å². The van der Waals surface area contributed by atoms with E-state index < -0.39 is 11.9 Å². The summed E-state index contributed by atoms with van der Waals surface area (Å²) in [6, 6.07) is 16.1. The standard InChI is InChI=1S/C52H60FN11O4/c1-2-33-4-3-5-34-23-39(65)24-40(45(33)34)47-46(53)48-41(26-54-47)49(63-28-36-6-7-37(29-63)56-36)59-51(58-48)68-31-52(14-15-52)30-61-16-12-32(13-17-61)27-60-18-20-62(21-19-60)38-8-9-42-35(22-38)25-55-64(42)43-10-11-44(66)57-50(43)67/h3-5,8-9,22-26,32,36-37,43,56,65H,2,6-7,10-21,27-31H2,1H3,(H,57,66,67). The number of anilines is 2. The minimum atomic E-state index is -0.533. The molecule has 6 fully saturated rings. The second-order valence-corrected chi connectivity index (χ2v) is 20.5. The number of phenols is 1. The van der Waals surface area contributed by atoms with Gasteiger partial charge in [-0.3, -0.25) is 29.5 Å². The van der Waals surface area contributed by atoms with E-state index in [9.17, 15) is 14.7 Å². The minimum Gasteiger partial charge on any atom is -0.508 e. The number of carbonyl (C=O) groups is 2. The number of benzene rings is 3. The monoisotopic (exact) mass is 921 g/mol. The number of aromatic hydroxyl groups is 1. The molecule has 3 aromatic carbocycles. The van der Waals surface area contributed by atoms with Crippen molar-refractivity contribution >= 4 is 55.9 Å². The number of piperazine rings is 2. The number of amides is 2. The van der Waals surface area contributed by atoms with E-state index in [4.69, 9.17) is 19.7 Å². The maximum Gasteiger partial charge on any atom is 0.319 e. The van der Waals surface area contributed by atoms with Gasteiger partial charge in [0, 0.05) is 99.1 Å². The number of nitrogens with one attached hydrogen (secondary N) is 2. The third-order valence-electron chi connectivity index (χ3n) is 15.9. The molecule has 15 nitrogen and oxygen atoms in total. The van der Waals surface area contributed by atoms with Crippen molar-refractivity contribution in [3.63, 3.8) is 0 Å². The number of fused-ring (bicyclic) bond motifs is 5.